The summed E-state index contributed by atoms with van der Waals surface area (Å²) in [5.41, 5.74) is 10.8. The molecule has 0 radical (unpaired) electrons. The van der Waals surface area contributed by atoms with Crippen LogP contribution >= 0.6 is 0 Å². The average molecular weight is 284 g/mol. The molecule has 0 saturated heterocycles. The summed E-state index contributed by atoms with van der Waals surface area (Å²) in [7, 11) is 1.69. The highest BCUT2D eigenvalue weighted by Gasteiger charge is 2.19. The maximum atomic E-state index is 6.19. The molecule has 3 heteroatoms. The fourth-order valence-corrected chi connectivity index (χ4v) is 2.74. The third-order valence-corrected chi connectivity index (χ3v) is 3.73. The lowest BCUT2D eigenvalue weighted by atomic mass is 10.0. The molecular formula is C18H24N2O. The van der Waals surface area contributed by atoms with Crippen molar-refractivity contribution >= 4 is 11.4 Å². The van der Waals surface area contributed by atoms with E-state index in [2.05, 4.69) is 49.1 Å². The predicted octanol–water partition coefficient (Wildman–Crippen LogP) is 4.18. The Kier molecular flexibility index (Phi) is 4.86. The smallest absolute Gasteiger partial charge is 0.125 e. The molecular weight excluding hydrogens is 260 g/mol. The molecule has 21 heavy (non-hydrogen) atoms. The Morgan fingerprint density at radius 3 is 2.33 bits per heavy atom. The normalized spacial score (nSPS) is 12.0. The van der Waals surface area contributed by atoms with Gasteiger partial charge in [-0.2, -0.15) is 0 Å². The van der Waals surface area contributed by atoms with E-state index in [0.29, 0.717) is 0 Å². The zero-order chi connectivity index (χ0) is 15.4. The van der Waals surface area contributed by atoms with E-state index < -0.39 is 0 Å². The van der Waals surface area contributed by atoms with Crippen molar-refractivity contribution in [1.29, 1.82) is 0 Å². The van der Waals surface area contributed by atoms with Crippen LogP contribution in [0, 0.1) is 6.92 Å². The Labute approximate surface area is 127 Å². The first-order valence-electron chi connectivity index (χ1n) is 7.35. The van der Waals surface area contributed by atoms with Gasteiger partial charge >= 0.3 is 0 Å². The van der Waals surface area contributed by atoms with Gasteiger partial charge in [0.2, 0.25) is 0 Å². The number of ether oxygens (including phenoxy) is 1. The van der Waals surface area contributed by atoms with Crippen molar-refractivity contribution < 1.29 is 4.74 Å². The van der Waals surface area contributed by atoms with Crippen LogP contribution in [0.25, 0.3) is 0 Å². The number of nitrogens with zero attached hydrogens (tertiary/aromatic N) is 1. The summed E-state index contributed by atoms with van der Waals surface area (Å²) in [6.45, 7) is 7.14. The molecule has 0 fully saturated rings. The molecule has 0 spiro atoms. The van der Waals surface area contributed by atoms with E-state index in [-0.39, 0.29) is 6.04 Å². The highest BCUT2D eigenvalue weighted by molar-refractivity contribution is 5.71. The average Bonchev–Trinajstić information content (AvgIpc) is 2.49. The van der Waals surface area contributed by atoms with Crippen LogP contribution in [0.4, 0.5) is 11.4 Å². The molecule has 2 N–H and O–H groups in total. The first-order valence-corrected chi connectivity index (χ1v) is 7.35. The van der Waals surface area contributed by atoms with E-state index in [9.17, 15) is 0 Å². The Bertz CT molecular complexity index is 608. The van der Waals surface area contributed by atoms with Crippen molar-refractivity contribution in [3.05, 3.63) is 53.6 Å². The summed E-state index contributed by atoms with van der Waals surface area (Å²) < 4.78 is 5.50. The minimum atomic E-state index is -0.0887. The number of methoxy groups -OCH3 is 1. The quantitative estimate of drug-likeness (QED) is 0.895. The van der Waals surface area contributed by atoms with Crippen LogP contribution < -0.4 is 15.4 Å². The fraction of sp³-hybridized carbons (Fsp3) is 0.333. The van der Waals surface area contributed by atoms with Gasteiger partial charge in [-0.3, -0.25) is 0 Å². The van der Waals surface area contributed by atoms with E-state index >= 15 is 0 Å². The Morgan fingerprint density at radius 2 is 1.76 bits per heavy atom. The summed E-state index contributed by atoms with van der Waals surface area (Å²) in [6, 6.07) is 14.4. The molecule has 0 aliphatic carbocycles. The molecule has 3 nitrogen and oxygen atoms in total. The summed E-state index contributed by atoms with van der Waals surface area (Å²) in [5.74, 6) is 0.842. The van der Waals surface area contributed by atoms with Gasteiger partial charge in [-0.1, -0.05) is 24.3 Å². The fourth-order valence-electron chi connectivity index (χ4n) is 2.74. The van der Waals surface area contributed by atoms with Crippen molar-refractivity contribution in [3.63, 3.8) is 0 Å². The molecule has 2 rings (SSSR count). The zero-order valence-electron chi connectivity index (χ0n) is 13.3. The van der Waals surface area contributed by atoms with Crippen molar-refractivity contribution in [3.8, 4) is 5.75 Å². The molecule has 0 amide bonds. The van der Waals surface area contributed by atoms with Crippen LogP contribution in [-0.4, -0.2) is 13.7 Å². The summed E-state index contributed by atoms with van der Waals surface area (Å²) in [4.78, 5) is 2.29. The molecule has 0 heterocycles. The molecule has 0 aliphatic heterocycles. The molecule has 0 unspecified atom stereocenters. The van der Waals surface area contributed by atoms with Crippen LogP contribution in [-0.2, 0) is 0 Å². The van der Waals surface area contributed by atoms with Crippen molar-refractivity contribution in [2.45, 2.75) is 26.8 Å². The monoisotopic (exact) mass is 284 g/mol. The lowest BCUT2D eigenvalue weighted by molar-refractivity contribution is 0.407. The first kappa shape index (κ1) is 15.4. The summed E-state index contributed by atoms with van der Waals surface area (Å²) in [5, 5.41) is 0. The van der Waals surface area contributed by atoms with Gasteiger partial charge in [0.15, 0.2) is 0 Å². The largest absolute Gasteiger partial charge is 0.496 e. The third-order valence-electron chi connectivity index (χ3n) is 3.73. The Morgan fingerprint density at radius 1 is 1.10 bits per heavy atom. The second-order valence-electron chi connectivity index (χ2n) is 5.21. The first-order chi connectivity index (χ1) is 10.1. The van der Waals surface area contributed by atoms with Crippen molar-refractivity contribution in [2.24, 2.45) is 5.73 Å². The van der Waals surface area contributed by atoms with Gasteiger partial charge in [0.25, 0.3) is 0 Å². The van der Waals surface area contributed by atoms with Gasteiger partial charge in [-0.25, -0.2) is 0 Å². The van der Waals surface area contributed by atoms with Crippen LogP contribution in [0.3, 0.4) is 0 Å². The SMILES string of the molecule is CCN(c1ccccc1C)c1cccc(OC)c1[C@H](C)N. The minimum Gasteiger partial charge on any atom is -0.496 e. The van der Waals surface area contributed by atoms with Gasteiger partial charge < -0.3 is 15.4 Å². The lowest BCUT2D eigenvalue weighted by Gasteiger charge is -2.29. The highest BCUT2D eigenvalue weighted by Crippen LogP contribution is 2.37. The van der Waals surface area contributed by atoms with Crippen LogP contribution in [0.15, 0.2) is 42.5 Å². The summed E-state index contributed by atoms with van der Waals surface area (Å²) in [6.07, 6.45) is 0. The Hall–Kier alpha value is -2.00. The zero-order valence-corrected chi connectivity index (χ0v) is 13.3. The molecule has 1 atom stereocenters. The van der Waals surface area contributed by atoms with Crippen molar-refractivity contribution in [1.82, 2.24) is 0 Å². The number of benzene rings is 2. The number of para-hydroxylation sites is 1. The van der Waals surface area contributed by atoms with Gasteiger partial charge in [-0.05, 0) is 44.5 Å². The number of nitrogens with two attached hydrogens (primary N) is 1. The molecule has 2 aromatic carbocycles. The van der Waals surface area contributed by atoms with Gasteiger partial charge in [0.05, 0.1) is 7.11 Å². The lowest BCUT2D eigenvalue weighted by Crippen LogP contribution is -2.21. The third kappa shape index (κ3) is 3.03. The number of rotatable bonds is 5. The van der Waals surface area contributed by atoms with Crippen molar-refractivity contribution in [2.75, 3.05) is 18.6 Å². The maximum Gasteiger partial charge on any atom is 0.125 e. The molecule has 0 bridgehead atoms. The van der Waals surface area contributed by atoms with E-state index in [1.807, 2.05) is 19.1 Å². The van der Waals surface area contributed by atoms with E-state index in [1.165, 1.54) is 11.3 Å². The van der Waals surface area contributed by atoms with E-state index in [1.54, 1.807) is 7.11 Å². The van der Waals surface area contributed by atoms with Crippen LogP contribution in [0.2, 0.25) is 0 Å². The second-order valence-corrected chi connectivity index (χ2v) is 5.21. The molecule has 0 aromatic heterocycles. The number of anilines is 2. The minimum absolute atomic E-state index is 0.0887. The predicted molar refractivity (Wildman–Crippen MR) is 89.5 cm³/mol. The molecule has 112 valence electrons. The highest BCUT2D eigenvalue weighted by atomic mass is 16.5. The maximum absolute atomic E-state index is 6.19. The molecule has 0 saturated carbocycles. The number of hydrogen-bond acceptors (Lipinski definition) is 3. The van der Waals surface area contributed by atoms with Gasteiger partial charge in [-0.15, -0.1) is 0 Å². The van der Waals surface area contributed by atoms with E-state index in [0.717, 1.165) is 23.5 Å². The number of aryl methyl sites for hydroxylation is 1. The summed E-state index contributed by atoms with van der Waals surface area (Å²) >= 11 is 0. The topological polar surface area (TPSA) is 38.5 Å². The molecule has 0 aliphatic rings. The van der Waals surface area contributed by atoms with Crippen LogP contribution in [0.5, 0.6) is 5.75 Å². The van der Waals surface area contributed by atoms with Gasteiger partial charge in [0, 0.05) is 29.5 Å². The van der Waals surface area contributed by atoms with Crippen LogP contribution in [0.1, 0.15) is 31.0 Å². The standard InChI is InChI=1S/C18H24N2O/c1-5-20(15-10-7-6-9-13(15)2)16-11-8-12-17(21-4)18(16)14(3)19/h6-12,14H,5,19H2,1-4H3/t14-/m0/s1. The van der Waals surface area contributed by atoms with Gasteiger partial charge in [0.1, 0.15) is 5.75 Å². The number of hydrogen-bond donors (Lipinski definition) is 1. The van der Waals surface area contributed by atoms with E-state index in [4.69, 9.17) is 10.5 Å². The second kappa shape index (κ2) is 6.64. The molecule has 2 aromatic rings. The Balaban J connectivity index is 2.61.